The van der Waals surface area contributed by atoms with E-state index in [0.717, 1.165) is 6.42 Å². The quantitative estimate of drug-likeness (QED) is 0.937. The summed E-state index contributed by atoms with van der Waals surface area (Å²) in [7, 11) is 0. The molecule has 0 atom stereocenters. The van der Waals surface area contributed by atoms with Crippen molar-refractivity contribution < 1.29 is 9.59 Å². The maximum absolute atomic E-state index is 12.4. The van der Waals surface area contributed by atoms with Crippen LogP contribution in [0.3, 0.4) is 0 Å². The van der Waals surface area contributed by atoms with Crippen molar-refractivity contribution >= 4 is 11.8 Å². The number of carbonyl (C=O) groups is 2. The molecule has 2 amide bonds. The van der Waals surface area contributed by atoms with E-state index < -0.39 is 0 Å². The second-order valence-electron chi connectivity index (χ2n) is 6.26. The molecule has 0 saturated carbocycles. The van der Waals surface area contributed by atoms with Crippen LogP contribution in [0.25, 0.3) is 0 Å². The molecule has 126 valence electrons. The number of carbonyl (C=O) groups excluding carboxylic acids is 2. The van der Waals surface area contributed by atoms with Gasteiger partial charge in [0.2, 0.25) is 5.91 Å². The van der Waals surface area contributed by atoms with Gasteiger partial charge in [-0.2, -0.15) is 0 Å². The maximum Gasteiger partial charge on any atom is 0.255 e. The first-order chi connectivity index (χ1) is 11.6. The van der Waals surface area contributed by atoms with Gasteiger partial charge in [0, 0.05) is 45.0 Å². The van der Waals surface area contributed by atoms with Crippen molar-refractivity contribution in [1.82, 2.24) is 14.8 Å². The Morgan fingerprint density at radius 2 is 1.83 bits per heavy atom. The molecule has 1 N–H and O–H groups in total. The second-order valence-corrected chi connectivity index (χ2v) is 6.26. The molecule has 5 heteroatoms. The highest BCUT2D eigenvalue weighted by Gasteiger charge is 2.24. The third-order valence-electron chi connectivity index (χ3n) is 4.47. The molecule has 1 fully saturated rings. The molecule has 1 aromatic carbocycles. The van der Waals surface area contributed by atoms with Gasteiger partial charge in [-0.25, -0.2) is 0 Å². The smallest absolute Gasteiger partial charge is 0.255 e. The topological polar surface area (TPSA) is 56.4 Å². The number of H-pyrrole nitrogens is 1. The highest BCUT2D eigenvalue weighted by molar-refractivity contribution is 5.94. The Kier molecular flexibility index (Phi) is 4.99. The van der Waals surface area contributed by atoms with Gasteiger partial charge in [0.15, 0.2) is 0 Å². The lowest BCUT2D eigenvalue weighted by Crippen LogP contribution is -2.50. The summed E-state index contributed by atoms with van der Waals surface area (Å²) in [5, 5.41) is 0. The summed E-state index contributed by atoms with van der Waals surface area (Å²) in [5.74, 6) is 0.202. The number of rotatable bonds is 4. The summed E-state index contributed by atoms with van der Waals surface area (Å²) in [6.07, 6.45) is 4.75. The number of aromatic nitrogens is 1. The van der Waals surface area contributed by atoms with Crippen molar-refractivity contribution in [1.29, 1.82) is 0 Å². The number of hydrogen-bond donors (Lipinski definition) is 1. The Balaban J connectivity index is 1.47. The third-order valence-corrected chi connectivity index (χ3v) is 4.47. The normalized spacial score (nSPS) is 14.7. The number of nitrogens with one attached hydrogen (secondary N) is 1. The molecule has 0 bridgehead atoms. The summed E-state index contributed by atoms with van der Waals surface area (Å²) in [5.41, 5.74) is 3.09. The van der Waals surface area contributed by atoms with Crippen molar-refractivity contribution in [3.8, 4) is 0 Å². The molecule has 1 aliphatic rings. The number of aromatic amines is 1. The number of aryl methyl sites for hydroxylation is 2. The Bertz CT molecular complexity index is 701. The zero-order valence-electron chi connectivity index (χ0n) is 14.0. The maximum atomic E-state index is 12.4. The van der Waals surface area contributed by atoms with Crippen LogP contribution in [-0.2, 0) is 11.2 Å². The second kappa shape index (κ2) is 7.34. The lowest BCUT2D eigenvalue weighted by Gasteiger charge is -2.34. The van der Waals surface area contributed by atoms with Gasteiger partial charge in [0.1, 0.15) is 0 Å². The van der Waals surface area contributed by atoms with Crippen molar-refractivity contribution in [2.45, 2.75) is 19.8 Å². The first-order valence-corrected chi connectivity index (χ1v) is 8.39. The van der Waals surface area contributed by atoms with Gasteiger partial charge in [-0.05, 0) is 25.0 Å². The van der Waals surface area contributed by atoms with E-state index >= 15 is 0 Å². The van der Waals surface area contributed by atoms with Gasteiger partial charge in [0.05, 0.1) is 5.56 Å². The number of piperazine rings is 1. The Labute approximate surface area is 142 Å². The average Bonchev–Trinajstić information content (AvgIpc) is 3.14. The van der Waals surface area contributed by atoms with E-state index in [-0.39, 0.29) is 11.8 Å². The van der Waals surface area contributed by atoms with Gasteiger partial charge < -0.3 is 14.8 Å². The molecule has 5 nitrogen and oxygen atoms in total. The lowest BCUT2D eigenvalue weighted by atomic mass is 10.1. The largest absolute Gasteiger partial charge is 0.367 e. The number of benzene rings is 1. The SMILES string of the molecule is Cc1cccc(CCC(=O)N2CCN(C(=O)c3cc[nH]c3)CC2)c1. The van der Waals surface area contributed by atoms with Crippen LogP contribution in [-0.4, -0.2) is 52.8 Å². The summed E-state index contributed by atoms with van der Waals surface area (Å²) in [6.45, 7) is 4.48. The van der Waals surface area contributed by atoms with Gasteiger partial charge in [-0.1, -0.05) is 29.8 Å². The standard InChI is InChI=1S/C19H23N3O2/c1-15-3-2-4-16(13-15)5-6-18(23)21-9-11-22(12-10-21)19(24)17-7-8-20-14-17/h2-4,7-8,13-14,20H,5-6,9-12H2,1H3. The van der Waals surface area contributed by atoms with Crippen LogP contribution in [0.4, 0.5) is 0 Å². The fraction of sp³-hybridized carbons (Fsp3) is 0.368. The van der Waals surface area contributed by atoms with Gasteiger partial charge >= 0.3 is 0 Å². The van der Waals surface area contributed by atoms with Crippen LogP contribution in [0.15, 0.2) is 42.7 Å². The van der Waals surface area contributed by atoms with E-state index in [9.17, 15) is 9.59 Å². The molecule has 0 aliphatic carbocycles. The molecule has 0 spiro atoms. The summed E-state index contributed by atoms with van der Waals surface area (Å²) >= 11 is 0. The van der Waals surface area contributed by atoms with Crippen LogP contribution in [0, 0.1) is 6.92 Å². The summed E-state index contributed by atoms with van der Waals surface area (Å²) in [6, 6.07) is 10.1. The molecule has 0 radical (unpaired) electrons. The molecule has 1 aliphatic heterocycles. The third kappa shape index (κ3) is 3.85. The highest BCUT2D eigenvalue weighted by Crippen LogP contribution is 2.11. The first kappa shape index (κ1) is 16.3. The molecule has 3 rings (SSSR count). The van der Waals surface area contributed by atoms with E-state index in [1.807, 2.05) is 15.9 Å². The average molecular weight is 325 g/mol. The Morgan fingerprint density at radius 3 is 2.50 bits per heavy atom. The van der Waals surface area contributed by atoms with Crippen molar-refractivity contribution in [2.24, 2.45) is 0 Å². The van der Waals surface area contributed by atoms with Crippen molar-refractivity contribution in [2.75, 3.05) is 26.2 Å². The molecule has 0 unspecified atom stereocenters. The molecule has 24 heavy (non-hydrogen) atoms. The van der Waals surface area contributed by atoms with Crippen molar-refractivity contribution in [3.63, 3.8) is 0 Å². The molecular weight excluding hydrogens is 302 g/mol. The minimum absolute atomic E-state index is 0.0307. The van der Waals surface area contributed by atoms with Crippen LogP contribution >= 0.6 is 0 Å². The Morgan fingerprint density at radius 1 is 1.08 bits per heavy atom. The molecule has 1 aromatic heterocycles. The van der Waals surface area contributed by atoms with E-state index in [0.29, 0.717) is 38.2 Å². The van der Waals surface area contributed by atoms with Gasteiger partial charge in [-0.3, -0.25) is 9.59 Å². The number of amides is 2. The predicted octanol–water partition coefficient (Wildman–Crippen LogP) is 2.24. The molecule has 2 heterocycles. The number of nitrogens with zero attached hydrogens (tertiary/aromatic N) is 2. The highest BCUT2D eigenvalue weighted by atomic mass is 16.2. The van der Waals surface area contributed by atoms with Crippen LogP contribution < -0.4 is 0 Å². The molecular formula is C19H23N3O2. The van der Waals surface area contributed by atoms with Gasteiger partial charge in [0.25, 0.3) is 5.91 Å². The monoisotopic (exact) mass is 325 g/mol. The van der Waals surface area contributed by atoms with Gasteiger partial charge in [-0.15, -0.1) is 0 Å². The summed E-state index contributed by atoms with van der Waals surface area (Å²) in [4.78, 5) is 31.2. The van der Waals surface area contributed by atoms with E-state index in [1.54, 1.807) is 18.5 Å². The van der Waals surface area contributed by atoms with E-state index in [4.69, 9.17) is 0 Å². The zero-order valence-corrected chi connectivity index (χ0v) is 14.0. The molecule has 1 saturated heterocycles. The fourth-order valence-electron chi connectivity index (χ4n) is 3.08. The predicted molar refractivity (Wildman–Crippen MR) is 92.8 cm³/mol. The summed E-state index contributed by atoms with van der Waals surface area (Å²) < 4.78 is 0. The van der Waals surface area contributed by atoms with Crippen LogP contribution in [0.2, 0.25) is 0 Å². The van der Waals surface area contributed by atoms with Crippen LogP contribution in [0.5, 0.6) is 0 Å². The first-order valence-electron chi connectivity index (χ1n) is 8.39. The van der Waals surface area contributed by atoms with E-state index in [2.05, 4.69) is 30.1 Å². The minimum Gasteiger partial charge on any atom is -0.367 e. The lowest BCUT2D eigenvalue weighted by molar-refractivity contribution is -0.132. The minimum atomic E-state index is 0.0307. The van der Waals surface area contributed by atoms with E-state index in [1.165, 1.54) is 11.1 Å². The fourth-order valence-corrected chi connectivity index (χ4v) is 3.08. The zero-order chi connectivity index (χ0) is 16.9. The number of hydrogen-bond acceptors (Lipinski definition) is 2. The van der Waals surface area contributed by atoms with Crippen molar-refractivity contribution in [3.05, 3.63) is 59.4 Å². The molecule has 2 aromatic rings. The van der Waals surface area contributed by atoms with Crippen LogP contribution in [0.1, 0.15) is 27.9 Å². The Hall–Kier alpha value is -2.56.